The second-order valence-electron chi connectivity index (χ2n) is 18.6. The summed E-state index contributed by atoms with van der Waals surface area (Å²) < 4.78 is 4.82. The molecule has 0 fully saturated rings. The molecule has 1 aliphatic rings. The van der Waals surface area contributed by atoms with Crippen LogP contribution < -0.4 is 0 Å². The number of thiophene rings is 1. The van der Waals surface area contributed by atoms with E-state index >= 15 is 0 Å². The van der Waals surface area contributed by atoms with Crippen LogP contribution in [0.2, 0.25) is 0 Å². The second-order valence-corrected chi connectivity index (χ2v) is 19.7. The highest BCUT2D eigenvalue weighted by atomic mass is 32.1. The Bertz CT molecular complexity index is 4100. The smallest absolute Gasteiger partial charge is 0.164 e. The van der Waals surface area contributed by atoms with Crippen LogP contribution in [0.25, 0.3) is 115 Å². The van der Waals surface area contributed by atoms with Crippen molar-refractivity contribution in [3.8, 4) is 73.2 Å². The molecule has 0 saturated carbocycles. The summed E-state index contributed by atoms with van der Waals surface area (Å²) in [5.74, 6) is 2.25. The molecule has 1 aliphatic carbocycles. The Morgan fingerprint density at radius 3 is 1.70 bits per heavy atom. The van der Waals surface area contributed by atoms with E-state index in [0.717, 1.165) is 34.9 Å². The van der Waals surface area contributed by atoms with Crippen molar-refractivity contribution >= 4 is 53.3 Å². The first kappa shape index (κ1) is 41.2. The fraction of sp³-hybridized carbons (Fsp3) is 0.0455. The van der Waals surface area contributed by atoms with Crippen molar-refractivity contribution < 1.29 is 0 Å². The van der Waals surface area contributed by atoms with Crippen LogP contribution in [0.5, 0.6) is 0 Å². The van der Waals surface area contributed by atoms with Gasteiger partial charge in [-0.25, -0.2) is 15.0 Å². The quantitative estimate of drug-likeness (QED) is 0.160. The van der Waals surface area contributed by atoms with Gasteiger partial charge < -0.3 is 4.57 Å². The summed E-state index contributed by atoms with van der Waals surface area (Å²) >= 11 is 1.82. The number of aromatic nitrogens is 4. The summed E-state index contributed by atoms with van der Waals surface area (Å²) in [7, 11) is 0. The van der Waals surface area contributed by atoms with Crippen LogP contribution in [-0.4, -0.2) is 19.5 Å². The summed E-state index contributed by atoms with van der Waals surface area (Å²) in [4.78, 5) is 15.4. The average molecular weight is 925 g/mol. The molecule has 71 heavy (non-hydrogen) atoms. The SMILES string of the molecule is c1ccc(-c2nc(-c3ccccc3)nc(-c3cccc4sc5ccc(-c6ccc7c(c6)-c6cc(-c8ccc9c(c8)c8ccccc8n9-c8ccccc8)ccc6CCC7c6ccccc6)cc5c34)n2)cc1. The van der Waals surface area contributed by atoms with Crippen LogP contribution in [0.3, 0.4) is 0 Å². The zero-order valence-electron chi connectivity index (χ0n) is 38.7. The van der Waals surface area contributed by atoms with Gasteiger partial charge in [0.15, 0.2) is 17.5 Å². The van der Waals surface area contributed by atoms with E-state index in [9.17, 15) is 0 Å². The summed E-state index contributed by atoms with van der Waals surface area (Å²) in [6.07, 6.45) is 2.03. The molecule has 4 nitrogen and oxygen atoms in total. The van der Waals surface area contributed by atoms with Crippen molar-refractivity contribution in [2.45, 2.75) is 18.8 Å². The zero-order chi connectivity index (χ0) is 46.8. The molecule has 3 heterocycles. The molecule has 10 aromatic carbocycles. The number of aryl methyl sites for hydroxylation is 1. The van der Waals surface area contributed by atoms with Crippen LogP contribution in [0, 0.1) is 0 Å². The van der Waals surface area contributed by atoms with Gasteiger partial charge in [-0.15, -0.1) is 11.3 Å². The van der Waals surface area contributed by atoms with Crippen LogP contribution in [0.4, 0.5) is 0 Å². The van der Waals surface area contributed by atoms with Crippen LogP contribution >= 0.6 is 11.3 Å². The number of hydrogen-bond acceptors (Lipinski definition) is 4. The summed E-state index contributed by atoms with van der Waals surface area (Å²) in [5.41, 5.74) is 18.1. The number of benzene rings is 10. The molecule has 13 aromatic rings. The maximum Gasteiger partial charge on any atom is 0.164 e. The molecular weight excluding hydrogens is 881 g/mol. The Morgan fingerprint density at radius 1 is 0.380 bits per heavy atom. The molecule has 0 bridgehead atoms. The van der Waals surface area contributed by atoms with Gasteiger partial charge in [0.05, 0.1) is 11.0 Å². The molecule has 0 saturated heterocycles. The predicted molar refractivity (Wildman–Crippen MR) is 296 cm³/mol. The molecule has 334 valence electrons. The Balaban J connectivity index is 0.918. The molecule has 14 rings (SSSR count). The zero-order valence-corrected chi connectivity index (χ0v) is 39.5. The number of rotatable bonds is 7. The van der Waals surface area contributed by atoms with Gasteiger partial charge in [-0.3, -0.25) is 0 Å². The highest BCUT2D eigenvalue weighted by Gasteiger charge is 2.26. The van der Waals surface area contributed by atoms with Gasteiger partial charge in [0.2, 0.25) is 0 Å². The van der Waals surface area contributed by atoms with Crippen molar-refractivity contribution in [3.05, 3.63) is 253 Å². The predicted octanol–water partition coefficient (Wildman–Crippen LogP) is 17.4. The summed E-state index contributed by atoms with van der Waals surface area (Å²) in [6.45, 7) is 0. The Hall–Kier alpha value is -8.77. The minimum atomic E-state index is 0.268. The third-order valence-corrected chi connectivity index (χ3v) is 15.7. The fourth-order valence-corrected chi connectivity index (χ4v) is 12.2. The van der Waals surface area contributed by atoms with E-state index < -0.39 is 0 Å². The molecule has 1 atom stereocenters. The van der Waals surface area contributed by atoms with Crippen molar-refractivity contribution in [3.63, 3.8) is 0 Å². The molecule has 0 spiro atoms. The van der Waals surface area contributed by atoms with E-state index in [-0.39, 0.29) is 5.92 Å². The minimum absolute atomic E-state index is 0.268. The maximum absolute atomic E-state index is 5.18. The molecule has 0 radical (unpaired) electrons. The topological polar surface area (TPSA) is 43.6 Å². The Labute approximate surface area is 415 Å². The number of para-hydroxylation sites is 2. The van der Waals surface area contributed by atoms with Gasteiger partial charge in [-0.05, 0) is 124 Å². The summed E-state index contributed by atoms with van der Waals surface area (Å²) in [6, 6.07) is 86.0. The molecule has 3 aromatic heterocycles. The monoisotopic (exact) mass is 924 g/mol. The number of fused-ring (bicyclic) bond motifs is 9. The lowest BCUT2D eigenvalue weighted by Gasteiger charge is -2.20. The van der Waals surface area contributed by atoms with Crippen molar-refractivity contribution in [1.82, 2.24) is 19.5 Å². The van der Waals surface area contributed by atoms with Gasteiger partial charge in [0, 0.05) is 59.2 Å². The van der Waals surface area contributed by atoms with Crippen LogP contribution in [0.15, 0.2) is 237 Å². The Morgan fingerprint density at radius 2 is 0.958 bits per heavy atom. The molecule has 0 aliphatic heterocycles. The van der Waals surface area contributed by atoms with E-state index in [1.165, 1.54) is 92.4 Å². The average Bonchev–Trinajstić information content (AvgIpc) is 3.94. The summed E-state index contributed by atoms with van der Waals surface area (Å²) in [5, 5.41) is 4.88. The van der Waals surface area contributed by atoms with Crippen LogP contribution in [0.1, 0.15) is 29.0 Å². The lowest BCUT2D eigenvalue weighted by atomic mass is 9.84. The normalized spacial score (nSPS) is 13.4. The van der Waals surface area contributed by atoms with E-state index in [1.807, 2.05) is 47.7 Å². The van der Waals surface area contributed by atoms with Gasteiger partial charge in [-0.2, -0.15) is 0 Å². The highest BCUT2D eigenvalue weighted by molar-refractivity contribution is 7.26. The highest BCUT2D eigenvalue weighted by Crippen LogP contribution is 2.47. The largest absolute Gasteiger partial charge is 0.309 e. The standard InChI is InChI=1S/C66H44N4S/c1-5-16-42(17-6-1)51-34-30-43-28-29-46(48-32-36-60-57(40-48)53-24-13-14-26-59(53)70(60)50-22-11-4-12-23-50)38-55(43)56-39-47(31-35-52(51)56)49-33-37-61-58(41-49)63-54(25-15-27-62(63)71-61)66-68-64(44-18-7-2-8-19-44)67-65(69-66)45-20-9-3-10-21-45/h1-29,31-33,35-41,51H,30,34H2. The Kier molecular flexibility index (Phi) is 9.88. The van der Waals surface area contributed by atoms with Crippen molar-refractivity contribution in [2.75, 3.05) is 0 Å². The van der Waals surface area contributed by atoms with Gasteiger partial charge in [0.25, 0.3) is 0 Å². The molecule has 0 amide bonds. The lowest BCUT2D eigenvalue weighted by Crippen LogP contribution is -2.02. The van der Waals surface area contributed by atoms with E-state index in [4.69, 9.17) is 15.0 Å². The lowest BCUT2D eigenvalue weighted by molar-refractivity contribution is 0.726. The van der Waals surface area contributed by atoms with E-state index in [2.05, 4.69) is 205 Å². The number of hydrogen-bond donors (Lipinski definition) is 0. The third kappa shape index (κ3) is 7.16. The van der Waals surface area contributed by atoms with Gasteiger partial charge in [-0.1, -0.05) is 176 Å². The number of nitrogens with zero attached hydrogens (tertiary/aromatic N) is 4. The van der Waals surface area contributed by atoms with Crippen LogP contribution in [-0.2, 0) is 6.42 Å². The second kappa shape index (κ2) is 17.0. The minimum Gasteiger partial charge on any atom is -0.309 e. The fourth-order valence-electron chi connectivity index (χ4n) is 11.1. The van der Waals surface area contributed by atoms with Gasteiger partial charge >= 0.3 is 0 Å². The molecule has 0 N–H and O–H groups in total. The van der Waals surface area contributed by atoms with Crippen molar-refractivity contribution in [2.24, 2.45) is 0 Å². The first-order valence-electron chi connectivity index (χ1n) is 24.4. The first-order valence-corrected chi connectivity index (χ1v) is 25.2. The van der Waals surface area contributed by atoms with E-state index in [1.54, 1.807) is 0 Å². The molecule has 5 heteroatoms. The maximum atomic E-state index is 5.18. The van der Waals surface area contributed by atoms with Gasteiger partial charge in [0.1, 0.15) is 0 Å². The van der Waals surface area contributed by atoms with E-state index in [0.29, 0.717) is 17.5 Å². The molecular formula is C66H44N4S. The molecule has 1 unspecified atom stereocenters. The first-order chi connectivity index (χ1) is 35.2. The third-order valence-electron chi connectivity index (χ3n) is 14.5. The van der Waals surface area contributed by atoms with Crippen molar-refractivity contribution in [1.29, 1.82) is 0 Å².